The lowest BCUT2D eigenvalue weighted by Crippen LogP contribution is -2.64. The minimum Gasteiger partial charge on any atom is -0.458 e. The average molecular weight is 915 g/mol. The van der Waals surface area contributed by atoms with Gasteiger partial charge in [0.25, 0.3) is 20.1 Å². The van der Waals surface area contributed by atoms with E-state index < -0.39 is 0 Å². The predicted octanol–water partition coefficient (Wildman–Crippen LogP) is 9.61. The molecular weight excluding hydrogens is 883 g/mol. The van der Waals surface area contributed by atoms with Gasteiger partial charge in [0.15, 0.2) is 0 Å². The maximum absolute atomic E-state index is 7.17. The first-order chi connectivity index (χ1) is 34.2. The highest BCUT2D eigenvalue weighted by molar-refractivity contribution is 7.34. The maximum Gasteiger partial charge on any atom is 0.268 e. The molecule has 0 atom stereocenters. The number of anilines is 8. The van der Waals surface area contributed by atoms with E-state index in [1.54, 1.807) is 0 Å². The summed E-state index contributed by atoms with van der Waals surface area (Å²) in [6.45, 7) is -0.228. The molecule has 6 aliphatic heterocycles. The lowest BCUT2D eigenvalue weighted by atomic mass is 9.30. The summed E-state index contributed by atoms with van der Waals surface area (Å²) in [6.07, 6.45) is 0. The van der Waals surface area contributed by atoms with E-state index in [0.29, 0.717) is 0 Å². The molecule has 0 spiro atoms. The first-order valence-corrected chi connectivity index (χ1v) is 25.1. The Balaban J connectivity index is 0.960. The number of fused-ring (bicyclic) bond motifs is 16. The molecule has 318 valence electrons. The van der Waals surface area contributed by atoms with E-state index in [0.717, 1.165) is 96.2 Å². The van der Waals surface area contributed by atoms with Crippen LogP contribution in [0.25, 0.3) is 20.2 Å². The number of thiophene rings is 2. The van der Waals surface area contributed by atoms with E-state index in [-0.39, 0.29) is 20.1 Å². The number of nitrogens with one attached hydrogen (secondary N) is 1. The van der Waals surface area contributed by atoms with E-state index in [4.69, 9.17) is 14.2 Å². The van der Waals surface area contributed by atoms with Gasteiger partial charge >= 0.3 is 0 Å². The minimum atomic E-state index is -0.146. The van der Waals surface area contributed by atoms with Crippen molar-refractivity contribution in [2.24, 2.45) is 0 Å². The van der Waals surface area contributed by atoms with Crippen molar-refractivity contribution in [3.05, 3.63) is 188 Å². The topological polar surface area (TPSA) is 46.2 Å². The van der Waals surface area contributed by atoms with E-state index in [1.165, 1.54) is 51.7 Å². The van der Waals surface area contributed by atoms with Crippen molar-refractivity contribution in [3.8, 4) is 34.5 Å². The van der Waals surface area contributed by atoms with Crippen molar-refractivity contribution in [2.45, 2.75) is 0 Å². The van der Waals surface area contributed by atoms with Crippen LogP contribution in [0.3, 0.4) is 0 Å². The van der Waals surface area contributed by atoms with Gasteiger partial charge in [-0.3, -0.25) is 0 Å². The van der Waals surface area contributed by atoms with Crippen molar-refractivity contribution in [2.75, 3.05) is 15.1 Å². The predicted molar refractivity (Wildman–Crippen MR) is 290 cm³/mol. The van der Waals surface area contributed by atoms with Crippen LogP contribution in [0.4, 0.5) is 45.5 Å². The molecule has 9 aromatic carbocycles. The van der Waals surface area contributed by atoms with Gasteiger partial charge in [0.1, 0.15) is 34.5 Å². The van der Waals surface area contributed by atoms with Crippen LogP contribution in [-0.2, 0) is 0 Å². The third kappa shape index (κ3) is 4.83. The normalized spacial score (nSPS) is 14.4. The Bertz CT molecular complexity index is 4100. The molecule has 0 saturated carbocycles. The Morgan fingerprint density at radius 1 is 0.362 bits per heavy atom. The molecule has 0 bridgehead atoms. The fraction of sp³-hybridized carbons (Fsp3) is 0. The first kappa shape index (κ1) is 36.9. The van der Waals surface area contributed by atoms with E-state index in [9.17, 15) is 0 Å². The summed E-state index contributed by atoms with van der Waals surface area (Å²) in [4.78, 5) is 4.93. The molecule has 17 rings (SSSR count). The summed E-state index contributed by atoms with van der Waals surface area (Å²) in [5.74, 6) is 5.49. The standard InChI is InChI=1S/C58H32B3N3O3S2/c1-3-14-32(15-4-1)63-42-21-12-24-47-53(42)59(39-28-36-41(30-49(39)65-47)62-40-20-11-23-46-52(40)60(36)57-55(66-46)34-18-7-9-26-50(34)68-57)37-29-38-45(31-44(37)63)64(33-16-5-2-6-17-33)43-22-13-25-48-54(43)61(38)58-56(67-48)35-19-8-10-27-51(35)69-58/h1-31,62H. The SMILES string of the molecule is c1ccc(N2c3cc4c(cc3B3c5cc6c(cc5Oc5cccc2c53)Nc2cccc3c2B6c2sc5ccccc5c2O3)B2c3sc5ccccc5c3Oc3cccc(c32)N4c2ccccc2)cc1. The fourth-order valence-electron chi connectivity index (χ4n) is 12.4. The van der Waals surface area contributed by atoms with Gasteiger partial charge in [0.2, 0.25) is 0 Å². The third-order valence-electron chi connectivity index (χ3n) is 15.2. The smallest absolute Gasteiger partial charge is 0.268 e. The summed E-state index contributed by atoms with van der Waals surface area (Å²) < 4.78 is 26.0. The second-order valence-electron chi connectivity index (χ2n) is 18.7. The largest absolute Gasteiger partial charge is 0.458 e. The van der Waals surface area contributed by atoms with Crippen molar-refractivity contribution >= 4 is 156 Å². The molecule has 0 fully saturated rings. The molecule has 11 aromatic rings. The van der Waals surface area contributed by atoms with Gasteiger partial charge in [0, 0.05) is 81.3 Å². The zero-order valence-corrected chi connectivity index (χ0v) is 38.2. The van der Waals surface area contributed by atoms with Crippen LogP contribution < -0.4 is 77.1 Å². The number of hydrogen-bond donors (Lipinski definition) is 1. The molecule has 1 N–H and O–H groups in total. The monoisotopic (exact) mass is 915 g/mol. The van der Waals surface area contributed by atoms with Crippen LogP contribution in [0.5, 0.6) is 34.5 Å². The van der Waals surface area contributed by atoms with Crippen LogP contribution in [0.15, 0.2) is 188 Å². The van der Waals surface area contributed by atoms with Crippen LogP contribution in [0.1, 0.15) is 0 Å². The molecule has 0 amide bonds. The van der Waals surface area contributed by atoms with Gasteiger partial charge in [-0.25, -0.2) is 0 Å². The molecular formula is C58H32B3N3O3S2. The Morgan fingerprint density at radius 2 is 0.870 bits per heavy atom. The molecule has 2 aromatic heterocycles. The summed E-state index contributed by atoms with van der Waals surface area (Å²) in [6, 6.07) is 68.3. The van der Waals surface area contributed by atoms with Gasteiger partial charge in [-0.1, -0.05) is 91.0 Å². The number of rotatable bonds is 2. The Morgan fingerprint density at radius 3 is 1.51 bits per heavy atom. The van der Waals surface area contributed by atoms with E-state index in [2.05, 4.69) is 203 Å². The minimum absolute atomic E-state index is 0.0223. The number of nitrogens with zero attached hydrogens (tertiary/aromatic N) is 2. The van der Waals surface area contributed by atoms with E-state index >= 15 is 0 Å². The highest BCUT2D eigenvalue weighted by Crippen LogP contribution is 2.48. The van der Waals surface area contributed by atoms with E-state index in [1.807, 2.05) is 22.7 Å². The summed E-state index contributed by atoms with van der Waals surface area (Å²) >= 11 is 3.70. The van der Waals surface area contributed by atoms with Gasteiger partial charge in [-0.05, 0) is 129 Å². The van der Waals surface area contributed by atoms with Crippen LogP contribution in [0, 0.1) is 0 Å². The summed E-state index contributed by atoms with van der Waals surface area (Å²) in [5, 5.41) is 6.17. The molecule has 0 unspecified atom stereocenters. The fourth-order valence-corrected chi connectivity index (χ4v) is 15.0. The van der Waals surface area contributed by atoms with Gasteiger partial charge < -0.3 is 29.3 Å². The molecule has 0 saturated heterocycles. The second kappa shape index (κ2) is 13.3. The summed E-state index contributed by atoms with van der Waals surface area (Å²) in [5.41, 5.74) is 17.3. The van der Waals surface area contributed by atoms with Gasteiger partial charge in [-0.15, -0.1) is 22.7 Å². The lowest BCUT2D eigenvalue weighted by molar-refractivity contribution is 0.488. The first-order valence-electron chi connectivity index (χ1n) is 23.5. The highest BCUT2D eigenvalue weighted by Gasteiger charge is 2.49. The molecule has 8 heterocycles. The van der Waals surface area contributed by atoms with Crippen molar-refractivity contribution in [3.63, 3.8) is 0 Å². The van der Waals surface area contributed by atoms with Crippen molar-refractivity contribution in [1.82, 2.24) is 0 Å². The summed E-state index contributed by atoms with van der Waals surface area (Å²) in [7, 11) is 0. The number of hydrogen-bond acceptors (Lipinski definition) is 8. The van der Waals surface area contributed by atoms with Gasteiger partial charge in [-0.2, -0.15) is 0 Å². The molecule has 6 aliphatic rings. The highest BCUT2D eigenvalue weighted by atomic mass is 32.1. The molecule has 11 heteroatoms. The molecule has 69 heavy (non-hydrogen) atoms. The Labute approximate surface area is 405 Å². The molecule has 6 nitrogen and oxygen atoms in total. The van der Waals surface area contributed by atoms with Crippen LogP contribution in [-0.4, -0.2) is 20.1 Å². The zero-order valence-electron chi connectivity index (χ0n) is 36.6. The maximum atomic E-state index is 7.17. The van der Waals surface area contributed by atoms with Crippen molar-refractivity contribution in [1.29, 1.82) is 0 Å². The Kier molecular flexibility index (Phi) is 7.13. The van der Waals surface area contributed by atoms with Crippen LogP contribution in [0.2, 0.25) is 0 Å². The molecule has 0 radical (unpaired) electrons. The Hall–Kier alpha value is -8.11. The number of ether oxygens (including phenoxy) is 3. The quantitative estimate of drug-likeness (QED) is 0.175. The lowest BCUT2D eigenvalue weighted by Gasteiger charge is -2.44. The number of para-hydroxylation sites is 2. The van der Waals surface area contributed by atoms with Gasteiger partial charge in [0.05, 0.1) is 0 Å². The average Bonchev–Trinajstić information content (AvgIpc) is 3.96. The van der Waals surface area contributed by atoms with Crippen molar-refractivity contribution < 1.29 is 14.2 Å². The molecule has 0 aliphatic carbocycles. The number of benzene rings is 9. The third-order valence-corrected chi connectivity index (χ3v) is 17.6. The second-order valence-corrected chi connectivity index (χ2v) is 20.9. The zero-order chi connectivity index (χ0) is 44.6. The van der Waals surface area contributed by atoms with Crippen LogP contribution >= 0.6 is 22.7 Å².